The molecule has 0 atom stereocenters. The molecule has 33 heavy (non-hydrogen) atoms. The van der Waals surface area contributed by atoms with Crippen molar-refractivity contribution in [1.29, 1.82) is 0 Å². The second-order valence-corrected chi connectivity index (χ2v) is 10.3. The highest BCUT2D eigenvalue weighted by atomic mass is 32.1. The quantitative estimate of drug-likeness (QED) is 0.322. The molecule has 1 aliphatic rings. The van der Waals surface area contributed by atoms with Crippen molar-refractivity contribution in [3.8, 4) is 16.9 Å². The van der Waals surface area contributed by atoms with Crippen molar-refractivity contribution in [3.63, 3.8) is 0 Å². The molecule has 3 aromatic rings. The topological polar surface area (TPSA) is 48.0 Å². The van der Waals surface area contributed by atoms with Gasteiger partial charge >= 0.3 is 6.09 Å². The van der Waals surface area contributed by atoms with Gasteiger partial charge in [0.25, 0.3) is 0 Å². The number of thiophene rings is 1. The van der Waals surface area contributed by atoms with E-state index in [-0.39, 0.29) is 12.1 Å². The Balaban J connectivity index is 1.76. The molecule has 6 heteroatoms. The third kappa shape index (κ3) is 5.87. The van der Waals surface area contributed by atoms with Crippen LogP contribution in [0.5, 0.6) is 5.75 Å². The number of carbonyl (C=O) groups excluding carboxylic acids is 1. The van der Waals surface area contributed by atoms with Crippen LogP contribution in [0.15, 0.2) is 47.2 Å². The number of ether oxygens (including phenoxy) is 3. The molecule has 0 saturated heterocycles. The van der Waals surface area contributed by atoms with Crippen LogP contribution in [0.3, 0.4) is 0 Å². The molecule has 1 heterocycles. The van der Waals surface area contributed by atoms with Gasteiger partial charge in [-0.05, 0) is 78.6 Å². The van der Waals surface area contributed by atoms with E-state index in [1.54, 1.807) is 18.4 Å². The molecule has 1 amide bonds. The van der Waals surface area contributed by atoms with Gasteiger partial charge in [-0.2, -0.15) is 11.3 Å². The fourth-order valence-corrected chi connectivity index (χ4v) is 4.65. The third-order valence-corrected chi connectivity index (χ3v) is 6.29. The molecular weight excluding hydrogens is 434 g/mol. The van der Waals surface area contributed by atoms with E-state index in [2.05, 4.69) is 41.1 Å². The number of rotatable bonds is 9. The van der Waals surface area contributed by atoms with Gasteiger partial charge in [-0.25, -0.2) is 4.79 Å². The third-order valence-electron chi connectivity index (χ3n) is 5.60. The lowest BCUT2D eigenvalue weighted by atomic mass is 9.93. The summed E-state index contributed by atoms with van der Waals surface area (Å²) in [4.78, 5) is 15.0. The summed E-state index contributed by atoms with van der Waals surface area (Å²) in [6, 6.07) is 12.8. The van der Waals surface area contributed by atoms with Crippen LogP contribution in [-0.2, 0) is 16.0 Å². The zero-order valence-electron chi connectivity index (χ0n) is 19.9. The van der Waals surface area contributed by atoms with Crippen LogP contribution in [0, 0.1) is 0 Å². The molecule has 0 N–H and O–H groups in total. The van der Waals surface area contributed by atoms with Crippen molar-refractivity contribution in [2.75, 3.05) is 20.3 Å². The van der Waals surface area contributed by atoms with Gasteiger partial charge in [0, 0.05) is 31.6 Å². The molecule has 5 nitrogen and oxygen atoms in total. The molecule has 0 unspecified atom stereocenters. The van der Waals surface area contributed by atoms with Gasteiger partial charge in [0.15, 0.2) is 0 Å². The first-order chi connectivity index (χ1) is 15.9. The Bertz CT molecular complexity index is 1080. The summed E-state index contributed by atoms with van der Waals surface area (Å²) in [5.41, 5.74) is 2.87. The maximum Gasteiger partial charge on any atom is 0.410 e. The Morgan fingerprint density at radius 2 is 1.88 bits per heavy atom. The van der Waals surface area contributed by atoms with Crippen molar-refractivity contribution < 1.29 is 19.0 Å². The molecule has 0 radical (unpaired) electrons. The number of hydrogen-bond donors (Lipinski definition) is 0. The van der Waals surface area contributed by atoms with Crippen molar-refractivity contribution in [2.45, 2.75) is 58.2 Å². The number of carbonyl (C=O) groups is 1. The largest absolute Gasteiger partial charge is 0.493 e. The van der Waals surface area contributed by atoms with Crippen LogP contribution in [0.25, 0.3) is 21.9 Å². The highest BCUT2D eigenvalue weighted by molar-refractivity contribution is 7.08. The first-order valence-electron chi connectivity index (χ1n) is 11.6. The summed E-state index contributed by atoms with van der Waals surface area (Å²) in [6.45, 7) is 7.46. The first-order valence-corrected chi connectivity index (χ1v) is 12.5. The molecule has 1 fully saturated rings. The second-order valence-electron chi connectivity index (χ2n) is 9.50. The Morgan fingerprint density at radius 3 is 2.52 bits per heavy atom. The molecule has 1 aromatic heterocycles. The Labute approximate surface area is 200 Å². The SMILES string of the molecule is COCCCOc1cc(CN(C(=O)OC(C)(C)C)C2CC2)c(-c2ccsc2)c2ccccc12. The van der Waals surface area contributed by atoms with E-state index in [0.717, 1.165) is 52.5 Å². The average molecular weight is 468 g/mol. The summed E-state index contributed by atoms with van der Waals surface area (Å²) in [7, 11) is 1.70. The lowest BCUT2D eigenvalue weighted by molar-refractivity contribution is 0.0217. The van der Waals surface area contributed by atoms with E-state index < -0.39 is 5.60 Å². The highest BCUT2D eigenvalue weighted by Gasteiger charge is 2.36. The standard InChI is InChI=1S/C27H33NO4S/c1-27(2,3)32-26(29)28(21-10-11-21)17-20-16-24(31-14-7-13-30-4)22-8-5-6-9-23(22)25(20)19-12-15-33-18-19/h5-6,8-9,12,15-16,18,21H,7,10-11,13-14,17H2,1-4H3. The van der Waals surface area contributed by atoms with Crippen molar-refractivity contribution in [3.05, 3.63) is 52.7 Å². The zero-order chi connectivity index (χ0) is 23.4. The minimum Gasteiger partial charge on any atom is -0.493 e. The van der Waals surface area contributed by atoms with Crippen molar-refractivity contribution in [1.82, 2.24) is 4.90 Å². The van der Waals surface area contributed by atoms with Crippen LogP contribution in [0.2, 0.25) is 0 Å². The van der Waals surface area contributed by atoms with Crippen LogP contribution in [0.1, 0.15) is 45.6 Å². The fraction of sp³-hybridized carbons (Fsp3) is 0.444. The van der Waals surface area contributed by atoms with E-state index in [4.69, 9.17) is 14.2 Å². The summed E-state index contributed by atoms with van der Waals surface area (Å²) < 4.78 is 17.2. The van der Waals surface area contributed by atoms with Crippen molar-refractivity contribution >= 4 is 28.2 Å². The molecule has 2 aromatic carbocycles. The number of fused-ring (bicyclic) bond motifs is 1. The lowest BCUT2D eigenvalue weighted by Gasteiger charge is -2.28. The molecule has 176 valence electrons. The Morgan fingerprint density at radius 1 is 1.12 bits per heavy atom. The molecule has 1 saturated carbocycles. The zero-order valence-corrected chi connectivity index (χ0v) is 20.7. The predicted octanol–water partition coefficient (Wildman–Crippen LogP) is 6.88. The first kappa shape index (κ1) is 23.6. The summed E-state index contributed by atoms with van der Waals surface area (Å²) >= 11 is 1.68. The molecule has 0 bridgehead atoms. The van der Waals surface area contributed by atoms with Gasteiger partial charge in [-0.15, -0.1) is 0 Å². The van der Waals surface area contributed by atoms with Gasteiger partial charge in [-0.1, -0.05) is 24.3 Å². The van der Waals surface area contributed by atoms with E-state index >= 15 is 0 Å². The highest BCUT2D eigenvalue weighted by Crippen LogP contribution is 2.40. The monoisotopic (exact) mass is 467 g/mol. The molecule has 0 aliphatic heterocycles. The van der Waals surface area contributed by atoms with Gasteiger partial charge in [0.1, 0.15) is 11.4 Å². The molecule has 0 spiro atoms. The lowest BCUT2D eigenvalue weighted by Crippen LogP contribution is -2.38. The van der Waals surface area contributed by atoms with Gasteiger partial charge in [-0.3, -0.25) is 0 Å². The number of methoxy groups -OCH3 is 1. The predicted molar refractivity (Wildman–Crippen MR) is 134 cm³/mol. The van der Waals surface area contributed by atoms with Crippen molar-refractivity contribution in [2.24, 2.45) is 0 Å². The van der Waals surface area contributed by atoms with Crippen LogP contribution in [-0.4, -0.2) is 43.0 Å². The number of benzene rings is 2. The fourth-order valence-electron chi connectivity index (χ4n) is 4.01. The number of nitrogens with zero attached hydrogens (tertiary/aromatic N) is 1. The number of hydrogen-bond acceptors (Lipinski definition) is 5. The van der Waals surface area contributed by atoms with E-state index in [9.17, 15) is 4.79 Å². The van der Waals surface area contributed by atoms with Gasteiger partial charge in [0.05, 0.1) is 13.2 Å². The van der Waals surface area contributed by atoms with E-state index in [0.29, 0.717) is 19.8 Å². The van der Waals surface area contributed by atoms with Crippen LogP contribution >= 0.6 is 11.3 Å². The number of amides is 1. The minimum atomic E-state index is -0.528. The average Bonchev–Trinajstić information content (AvgIpc) is 3.47. The van der Waals surface area contributed by atoms with Crippen LogP contribution in [0.4, 0.5) is 4.79 Å². The minimum absolute atomic E-state index is 0.229. The van der Waals surface area contributed by atoms with E-state index in [1.165, 1.54) is 0 Å². The Hall–Kier alpha value is -2.57. The normalized spacial score (nSPS) is 13.8. The van der Waals surface area contributed by atoms with E-state index in [1.807, 2.05) is 31.7 Å². The molecular formula is C27H33NO4S. The summed E-state index contributed by atoms with van der Waals surface area (Å²) in [5, 5.41) is 6.47. The molecule has 1 aliphatic carbocycles. The van der Waals surface area contributed by atoms with Crippen LogP contribution < -0.4 is 4.74 Å². The smallest absolute Gasteiger partial charge is 0.410 e. The van der Waals surface area contributed by atoms with Gasteiger partial charge < -0.3 is 19.1 Å². The summed E-state index contributed by atoms with van der Waals surface area (Å²) in [5.74, 6) is 0.843. The second kappa shape index (κ2) is 10.1. The van der Waals surface area contributed by atoms with Gasteiger partial charge in [0.2, 0.25) is 0 Å². The summed E-state index contributed by atoms with van der Waals surface area (Å²) in [6.07, 6.45) is 2.59. The maximum atomic E-state index is 13.1. The molecule has 4 rings (SSSR count). The Kier molecular flexibility index (Phi) is 7.25. The maximum absolute atomic E-state index is 13.1.